The molecule has 7 heteroatoms. The summed E-state index contributed by atoms with van der Waals surface area (Å²) in [6.45, 7) is 6.58. The van der Waals surface area contributed by atoms with Gasteiger partial charge >= 0.3 is 6.03 Å². The average Bonchev–Trinajstić information content (AvgIpc) is 3.13. The molecule has 0 bridgehead atoms. The van der Waals surface area contributed by atoms with Gasteiger partial charge in [-0.05, 0) is 66.9 Å². The lowest BCUT2D eigenvalue weighted by molar-refractivity contribution is -0.113. The zero-order valence-electron chi connectivity index (χ0n) is 19.3. The minimum Gasteiger partial charge on any atom is -0.490 e. The number of carbonyl (C=O) groups excluding carboxylic acids is 2. The van der Waals surface area contributed by atoms with Crippen LogP contribution in [0.15, 0.2) is 89.6 Å². The highest BCUT2D eigenvalue weighted by Gasteiger charge is 2.34. The molecule has 3 aromatic carbocycles. The lowest BCUT2D eigenvalue weighted by Crippen LogP contribution is -2.30. The van der Waals surface area contributed by atoms with E-state index in [1.807, 2.05) is 49.4 Å². The Morgan fingerprint density at radius 3 is 2.46 bits per heavy atom. The molecule has 0 aliphatic carbocycles. The fourth-order valence-electron chi connectivity index (χ4n) is 3.75. The van der Waals surface area contributed by atoms with E-state index in [1.54, 1.807) is 36.4 Å². The van der Waals surface area contributed by atoms with E-state index in [-0.39, 0.29) is 5.70 Å². The Balaban J connectivity index is 1.65. The molecule has 1 N–H and O–H groups in total. The van der Waals surface area contributed by atoms with E-state index in [1.165, 1.54) is 0 Å². The molecule has 0 saturated carbocycles. The van der Waals surface area contributed by atoms with E-state index in [9.17, 15) is 9.59 Å². The first-order valence-corrected chi connectivity index (χ1v) is 12.0. The molecule has 0 radical (unpaired) electrons. The third kappa shape index (κ3) is 5.63. The van der Waals surface area contributed by atoms with E-state index in [0.29, 0.717) is 42.4 Å². The highest BCUT2D eigenvalue weighted by atomic mass is 79.9. The number of rotatable bonds is 9. The second-order valence-electron chi connectivity index (χ2n) is 7.81. The second kappa shape index (κ2) is 11.1. The quantitative estimate of drug-likeness (QED) is 0.201. The molecular formula is C28H25BrN2O4. The number of para-hydroxylation sites is 1. The van der Waals surface area contributed by atoms with Crippen molar-refractivity contribution in [2.45, 2.75) is 20.0 Å². The Bertz CT molecular complexity index is 1270. The highest BCUT2D eigenvalue weighted by molar-refractivity contribution is 9.10. The van der Waals surface area contributed by atoms with Gasteiger partial charge in [-0.2, -0.15) is 0 Å². The maximum absolute atomic E-state index is 13.0. The largest absolute Gasteiger partial charge is 0.490 e. The van der Waals surface area contributed by atoms with Crippen LogP contribution in [-0.4, -0.2) is 18.5 Å². The summed E-state index contributed by atoms with van der Waals surface area (Å²) in [4.78, 5) is 26.6. The van der Waals surface area contributed by atoms with Crippen LogP contribution in [0.4, 0.5) is 10.5 Å². The monoisotopic (exact) mass is 532 g/mol. The number of allylic oxidation sites excluding steroid dienone is 1. The molecule has 1 heterocycles. The summed E-state index contributed by atoms with van der Waals surface area (Å²) in [6, 6.07) is 20.0. The van der Waals surface area contributed by atoms with Gasteiger partial charge in [-0.25, -0.2) is 9.69 Å². The molecule has 3 aromatic rings. The zero-order valence-corrected chi connectivity index (χ0v) is 20.9. The molecule has 4 rings (SSSR count). The number of amides is 3. The van der Waals surface area contributed by atoms with Crippen molar-refractivity contribution in [1.29, 1.82) is 0 Å². The second-order valence-corrected chi connectivity index (χ2v) is 8.73. The number of anilines is 1. The van der Waals surface area contributed by atoms with Crippen LogP contribution < -0.4 is 19.7 Å². The van der Waals surface area contributed by atoms with Crippen LogP contribution >= 0.6 is 15.9 Å². The average molecular weight is 533 g/mol. The van der Waals surface area contributed by atoms with Crippen molar-refractivity contribution < 1.29 is 19.1 Å². The molecule has 3 amide bonds. The van der Waals surface area contributed by atoms with Gasteiger partial charge in [0.25, 0.3) is 5.91 Å². The number of carbonyl (C=O) groups is 2. The van der Waals surface area contributed by atoms with E-state index in [4.69, 9.17) is 9.47 Å². The number of benzene rings is 3. The van der Waals surface area contributed by atoms with Gasteiger partial charge in [0.1, 0.15) is 12.3 Å². The van der Waals surface area contributed by atoms with Crippen LogP contribution in [0.25, 0.3) is 6.08 Å². The molecule has 1 aliphatic heterocycles. The molecule has 1 saturated heterocycles. The lowest BCUT2D eigenvalue weighted by Gasteiger charge is -2.17. The predicted octanol–water partition coefficient (Wildman–Crippen LogP) is 6.25. The first kappa shape index (κ1) is 24.3. The van der Waals surface area contributed by atoms with Crippen molar-refractivity contribution in [3.63, 3.8) is 0 Å². The topological polar surface area (TPSA) is 67.9 Å². The van der Waals surface area contributed by atoms with Crippen molar-refractivity contribution in [3.05, 3.63) is 106 Å². The van der Waals surface area contributed by atoms with Crippen LogP contribution in [0.1, 0.15) is 23.6 Å². The number of hydrogen-bond acceptors (Lipinski definition) is 4. The number of nitrogens with one attached hydrogen (secondary N) is 1. The molecule has 1 fully saturated rings. The maximum Gasteiger partial charge on any atom is 0.333 e. The van der Waals surface area contributed by atoms with E-state index < -0.39 is 11.9 Å². The third-order valence-corrected chi connectivity index (χ3v) is 5.85. The van der Waals surface area contributed by atoms with E-state index >= 15 is 0 Å². The van der Waals surface area contributed by atoms with Crippen molar-refractivity contribution in [2.75, 3.05) is 11.5 Å². The Morgan fingerprint density at radius 1 is 1.03 bits per heavy atom. The predicted molar refractivity (Wildman–Crippen MR) is 140 cm³/mol. The van der Waals surface area contributed by atoms with Gasteiger partial charge in [0, 0.05) is 10.0 Å². The number of ether oxygens (including phenoxy) is 2. The van der Waals surface area contributed by atoms with Crippen LogP contribution in [0, 0.1) is 0 Å². The Hall–Kier alpha value is -3.84. The third-order valence-electron chi connectivity index (χ3n) is 5.32. The van der Waals surface area contributed by atoms with Crippen LogP contribution in [0.2, 0.25) is 0 Å². The normalized spacial score (nSPS) is 14.2. The molecule has 1 aliphatic rings. The van der Waals surface area contributed by atoms with Gasteiger partial charge in [0.2, 0.25) is 0 Å². The number of urea groups is 1. The summed E-state index contributed by atoms with van der Waals surface area (Å²) >= 11 is 3.44. The summed E-state index contributed by atoms with van der Waals surface area (Å²) in [5.74, 6) is 0.775. The smallest absolute Gasteiger partial charge is 0.333 e. The van der Waals surface area contributed by atoms with Gasteiger partial charge in [0.15, 0.2) is 11.5 Å². The van der Waals surface area contributed by atoms with Gasteiger partial charge < -0.3 is 14.8 Å². The Kier molecular flexibility index (Phi) is 7.67. The fourth-order valence-corrected chi connectivity index (χ4v) is 4.01. The summed E-state index contributed by atoms with van der Waals surface area (Å²) < 4.78 is 13.1. The molecule has 0 unspecified atom stereocenters. The number of halogens is 1. The molecular weight excluding hydrogens is 508 g/mol. The first-order valence-electron chi connectivity index (χ1n) is 11.2. The molecule has 0 atom stereocenters. The SMILES string of the molecule is C=CCc1cc(/C=C2/NC(=O)N(c3ccccc3)C2=O)cc(OCC)c1OCc1ccc(Br)cc1. The summed E-state index contributed by atoms with van der Waals surface area (Å²) in [7, 11) is 0. The number of imide groups is 1. The Morgan fingerprint density at radius 2 is 1.77 bits per heavy atom. The molecule has 178 valence electrons. The molecule has 0 aromatic heterocycles. The first-order chi connectivity index (χ1) is 17.0. The molecule has 0 spiro atoms. The molecule has 6 nitrogen and oxygen atoms in total. The minimum atomic E-state index is -0.488. The van der Waals surface area contributed by atoms with Crippen molar-refractivity contribution in [3.8, 4) is 11.5 Å². The van der Waals surface area contributed by atoms with Crippen molar-refractivity contribution in [2.24, 2.45) is 0 Å². The van der Waals surface area contributed by atoms with Crippen LogP contribution in [-0.2, 0) is 17.8 Å². The lowest BCUT2D eigenvalue weighted by atomic mass is 10.0. The Labute approximate surface area is 213 Å². The van der Waals surface area contributed by atoms with E-state index in [2.05, 4.69) is 27.8 Å². The summed E-state index contributed by atoms with van der Waals surface area (Å²) in [5.41, 5.74) is 3.30. The fraction of sp³-hybridized carbons (Fsp3) is 0.143. The molecule has 35 heavy (non-hydrogen) atoms. The zero-order chi connectivity index (χ0) is 24.8. The summed E-state index contributed by atoms with van der Waals surface area (Å²) in [5, 5.41) is 2.67. The van der Waals surface area contributed by atoms with Crippen molar-refractivity contribution in [1.82, 2.24) is 5.32 Å². The van der Waals surface area contributed by atoms with Gasteiger partial charge in [-0.1, -0.05) is 52.3 Å². The van der Waals surface area contributed by atoms with Crippen LogP contribution in [0.5, 0.6) is 11.5 Å². The number of hydrogen-bond donors (Lipinski definition) is 1. The van der Waals surface area contributed by atoms with E-state index in [0.717, 1.165) is 20.5 Å². The maximum atomic E-state index is 13.0. The minimum absolute atomic E-state index is 0.189. The van der Waals surface area contributed by atoms with Gasteiger partial charge in [-0.3, -0.25) is 4.79 Å². The standard InChI is InChI=1S/C28H25BrN2O4/c1-3-8-21-15-20(16-24-27(32)31(28(33)30-24)23-9-6-5-7-10-23)17-25(34-4-2)26(21)35-18-19-11-13-22(29)14-12-19/h3,5-7,9-17H,1,4,8,18H2,2H3,(H,30,33)/b24-16+. The highest BCUT2D eigenvalue weighted by Crippen LogP contribution is 2.36. The van der Waals surface area contributed by atoms with Crippen LogP contribution in [0.3, 0.4) is 0 Å². The van der Waals surface area contributed by atoms with Crippen molar-refractivity contribution >= 4 is 39.6 Å². The number of nitrogens with zero attached hydrogens (tertiary/aromatic N) is 1. The van der Waals surface area contributed by atoms with Gasteiger partial charge in [0.05, 0.1) is 12.3 Å². The summed E-state index contributed by atoms with van der Waals surface area (Å²) in [6.07, 6.45) is 3.98. The van der Waals surface area contributed by atoms with Gasteiger partial charge in [-0.15, -0.1) is 6.58 Å².